The smallest absolute Gasteiger partial charge is 0.322 e. The van der Waals surface area contributed by atoms with Crippen LogP contribution in [0, 0.1) is 5.92 Å². The molecule has 0 aliphatic rings. The van der Waals surface area contributed by atoms with E-state index in [0.717, 1.165) is 17.1 Å². The average Bonchev–Trinajstić information content (AvgIpc) is 3.29. The van der Waals surface area contributed by atoms with Gasteiger partial charge in [0.1, 0.15) is 23.9 Å². The lowest BCUT2D eigenvalue weighted by Gasteiger charge is -2.25. The molecule has 0 radical (unpaired) electrons. The third-order valence-corrected chi connectivity index (χ3v) is 5.70. The molecule has 1 aromatic heterocycles. The summed E-state index contributed by atoms with van der Waals surface area (Å²) in [5, 5.41) is 10.6. The van der Waals surface area contributed by atoms with Crippen LogP contribution in [-0.2, 0) is 10.2 Å². The van der Waals surface area contributed by atoms with Crippen LogP contribution in [0.2, 0.25) is 0 Å². The van der Waals surface area contributed by atoms with Gasteiger partial charge >= 0.3 is 6.03 Å². The highest BCUT2D eigenvalue weighted by molar-refractivity contribution is 5.97. The van der Waals surface area contributed by atoms with E-state index in [1.807, 2.05) is 63.2 Å². The number of carbonyl (C=O) groups is 2. The van der Waals surface area contributed by atoms with Gasteiger partial charge in [0.25, 0.3) is 0 Å². The number of amides is 3. The quantitative estimate of drug-likeness (QED) is 0.356. The lowest BCUT2D eigenvalue weighted by molar-refractivity contribution is -0.116. The molecule has 0 fully saturated rings. The molecular weight excluding hydrogens is 482 g/mol. The van der Waals surface area contributed by atoms with E-state index < -0.39 is 0 Å². The number of ether oxygens (including phenoxy) is 2. The van der Waals surface area contributed by atoms with Crippen molar-refractivity contribution in [2.45, 2.75) is 47.0 Å². The third-order valence-electron chi connectivity index (χ3n) is 5.70. The minimum Gasteiger partial charge on any atom is -0.497 e. The van der Waals surface area contributed by atoms with E-state index in [2.05, 4.69) is 31.4 Å². The topological polar surface area (TPSA) is 97.7 Å². The summed E-state index contributed by atoms with van der Waals surface area (Å²) in [4.78, 5) is 28.0. The second-order valence-corrected chi connectivity index (χ2v) is 10.5. The number of nitrogens with one attached hydrogen (secondary N) is 2. The summed E-state index contributed by atoms with van der Waals surface area (Å²) in [6, 6.07) is 16.2. The maximum atomic E-state index is 13.3. The number of anilines is 2. The fourth-order valence-electron chi connectivity index (χ4n) is 3.82. The van der Waals surface area contributed by atoms with Crippen LogP contribution in [0.1, 0.15) is 47.2 Å². The molecule has 3 aromatic rings. The van der Waals surface area contributed by atoms with E-state index in [4.69, 9.17) is 14.6 Å². The van der Waals surface area contributed by atoms with E-state index in [1.54, 1.807) is 23.9 Å². The lowest BCUT2D eigenvalue weighted by atomic mass is 9.92. The fraction of sp³-hybridized carbons (Fsp3) is 0.414. The second-order valence-electron chi connectivity index (χ2n) is 10.5. The predicted molar refractivity (Wildman–Crippen MR) is 150 cm³/mol. The van der Waals surface area contributed by atoms with Crippen molar-refractivity contribution in [3.05, 3.63) is 60.3 Å². The maximum absolute atomic E-state index is 13.3. The molecule has 0 saturated heterocycles. The summed E-state index contributed by atoms with van der Waals surface area (Å²) >= 11 is 0. The molecule has 3 rings (SSSR count). The van der Waals surface area contributed by atoms with Crippen LogP contribution in [-0.4, -0.2) is 53.4 Å². The molecule has 38 heavy (non-hydrogen) atoms. The zero-order valence-electron chi connectivity index (χ0n) is 23.4. The van der Waals surface area contributed by atoms with Crippen molar-refractivity contribution in [2.75, 3.05) is 37.4 Å². The van der Waals surface area contributed by atoms with Gasteiger partial charge in [-0.3, -0.25) is 4.79 Å². The number of benzene rings is 2. The third kappa shape index (κ3) is 7.50. The van der Waals surface area contributed by atoms with Crippen LogP contribution in [0.25, 0.3) is 5.69 Å². The number of urea groups is 1. The molecule has 204 valence electrons. The van der Waals surface area contributed by atoms with Gasteiger partial charge in [-0.05, 0) is 49.2 Å². The summed E-state index contributed by atoms with van der Waals surface area (Å²) in [7, 11) is 1.61. The lowest BCUT2D eigenvalue weighted by Crippen LogP contribution is -2.42. The minimum absolute atomic E-state index is 0.126. The molecule has 3 amide bonds. The predicted octanol–water partition coefficient (Wildman–Crippen LogP) is 5.71. The van der Waals surface area contributed by atoms with Crippen LogP contribution in [0.15, 0.2) is 54.6 Å². The van der Waals surface area contributed by atoms with Crippen molar-refractivity contribution in [1.29, 1.82) is 0 Å². The fourth-order valence-corrected chi connectivity index (χ4v) is 3.82. The van der Waals surface area contributed by atoms with Crippen molar-refractivity contribution in [2.24, 2.45) is 5.92 Å². The van der Waals surface area contributed by atoms with Gasteiger partial charge < -0.3 is 25.0 Å². The molecule has 0 unspecified atom stereocenters. The van der Waals surface area contributed by atoms with E-state index >= 15 is 0 Å². The number of aromatic nitrogens is 2. The minimum atomic E-state index is -0.375. The highest BCUT2D eigenvalue weighted by Gasteiger charge is 2.24. The summed E-state index contributed by atoms with van der Waals surface area (Å²) in [5.41, 5.74) is 1.93. The maximum Gasteiger partial charge on any atom is 0.322 e. The number of para-hydroxylation sites is 2. The summed E-state index contributed by atoms with van der Waals surface area (Å²) in [5.74, 6) is 1.66. The molecule has 0 spiro atoms. The van der Waals surface area contributed by atoms with Crippen molar-refractivity contribution >= 4 is 23.4 Å². The van der Waals surface area contributed by atoms with Crippen LogP contribution < -0.4 is 20.1 Å². The number of rotatable bonds is 10. The van der Waals surface area contributed by atoms with Crippen molar-refractivity contribution in [3.8, 4) is 17.2 Å². The first-order valence-electron chi connectivity index (χ1n) is 12.8. The molecule has 2 N–H and O–H groups in total. The first-order chi connectivity index (χ1) is 18.0. The zero-order chi connectivity index (χ0) is 27.9. The molecule has 0 atom stereocenters. The van der Waals surface area contributed by atoms with E-state index in [9.17, 15) is 9.59 Å². The van der Waals surface area contributed by atoms with Crippen LogP contribution in [0.5, 0.6) is 11.5 Å². The number of hydrogen-bond acceptors (Lipinski definition) is 5. The monoisotopic (exact) mass is 521 g/mol. The first-order valence-corrected chi connectivity index (χ1v) is 12.8. The summed E-state index contributed by atoms with van der Waals surface area (Å²) in [6.45, 7) is 12.8. The highest BCUT2D eigenvalue weighted by atomic mass is 16.5. The highest BCUT2D eigenvalue weighted by Crippen LogP contribution is 2.27. The van der Waals surface area contributed by atoms with Crippen molar-refractivity contribution in [3.63, 3.8) is 0 Å². The molecule has 1 heterocycles. The van der Waals surface area contributed by atoms with Gasteiger partial charge in [0.05, 0.1) is 30.8 Å². The molecular formula is C29H39N5O4. The summed E-state index contributed by atoms with van der Waals surface area (Å²) in [6.07, 6.45) is 0. The Morgan fingerprint density at radius 2 is 1.74 bits per heavy atom. The van der Waals surface area contributed by atoms with Gasteiger partial charge in [0, 0.05) is 18.0 Å². The van der Waals surface area contributed by atoms with Gasteiger partial charge in [0.15, 0.2) is 0 Å². The molecule has 0 saturated carbocycles. The number of carbonyl (C=O) groups excluding carboxylic acids is 2. The Hall–Kier alpha value is -4.01. The molecule has 0 aliphatic carbocycles. The Balaban J connectivity index is 1.82. The van der Waals surface area contributed by atoms with Gasteiger partial charge in [0.2, 0.25) is 5.91 Å². The van der Waals surface area contributed by atoms with Crippen LogP contribution in [0.4, 0.5) is 16.3 Å². The number of hydrogen-bond donors (Lipinski definition) is 2. The number of nitrogens with zero attached hydrogens (tertiary/aromatic N) is 3. The van der Waals surface area contributed by atoms with Gasteiger partial charge in [-0.25, -0.2) is 9.48 Å². The molecule has 2 aromatic carbocycles. The van der Waals surface area contributed by atoms with Gasteiger partial charge in [-0.2, -0.15) is 5.10 Å². The molecule has 9 nitrogen and oxygen atoms in total. The SMILES string of the molecule is CCOc1ccccc1NC(=O)N(CC(=O)Nc1cc(C(C)(C)C)nn1-c1ccc(OC)cc1)CC(C)C. The Morgan fingerprint density at radius 3 is 2.34 bits per heavy atom. The number of methoxy groups -OCH3 is 1. The average molecular weight is 522 g/mol. The molecule has 0 aliphatic heterocycles. The van der Waals surface area contributed by atoms with E-state index in [1.165, 1.54) is 4.90 Å². The van der Waals surface area contributed by atoms with Crippen molar-refractivity contribution < 1.29 is 19.1 Å². The van der Waals surface area contributed by atoms with E-state index in [0.29, 0.717) is 30.4 Å². The van der Waals surface area contributed by atoms with Gasteiger partial charge in [-0.1, -0.05) is 46.8 Å². The van der Waals surface area contributed by atoms with Crippen LogP contribution in [0.3, 0.4) is 0 Å². The second kappa shape index (κ2) is 12.5. The Morgan fingerprint density at radius 1 is 1.05 bits per heavy atom. The van der Waals surface area contributed by atoms with Crippen LogP contribution >= 0.6 is 0 Å². The normalized spacial score (nSPS) is 11.3. The Bertz CT molecular complexity index is 1230. The van der Waals surface area contributed by atoms with E-state index in [-0.39, 0.29) is 29.8 Å². The summed E-state index contributed by atoms with van der Waals surface area (Å²) < 4.78 is 12.6. The molecule has 0 bridgehead atoms. The standard InChI is InChI=1S/C29H39N5O4/c1-8-38-24-12-10-9-11-23(24)30-28(36)33(18-20(2)3)19-27(35)31-26-17-25(29(4,5)6)32-34(26)21-13-15-22(37-7)16-14-21/h9-17,20H,8,18-19H2,1-7H3,(H,30,36)(H,31,35). The zero-order valence-corrected chi connectivity index (χ0v) is 23.4. The Labute approximate surface area is 225 Å². The first kappa shape index (κ1) is 28.6. The molecule has 9 heteroatoms. The van der Waals surface area contributed by atoms with Gasteiger partial charge in [-0.15, -0.1) is 0 Å². The largest absolute Gasteiger partial charge is 0.497 e. The van der Waals surface area contributed by atoms with Crippen molar-refractivity contribution in [1.82, 2.24) is 14.7 Å². The Kier molecular flexibility index (Phi) is 9.39.